The van der Waals surface area contributed by atoms with Crippen molar-refractivity contribution in [2.75, 3.05) is 11.2 Å². The summed E-state index contributed by atoms with van der Waals surface area (Å²) in [6, 6.07) is 0. The minimum absolute atomic E-state index is 0.114. The average molecular weight is 258 g/mol. The Balaban J connectivity index is 2.24. The lowest BCUT2D eigenvalue weighted by Crippen LogP contribution is -2.33. The second-order valence-electron chi connectivity index (χ2n) is 2.98. The van der Waals surface area contributed by atoms with Crippen LogP contribution in [0.5, 0.6) is 0 Å². The van der Waals surface area contributed by atoms with E-state index >= 15 is 0 Å². The molecular formula is C6H12BrNO3S. The maximum atomic E-state index is 10.9. The zero-order valence-electron chi connectivity index (χ0n) is 6.53. The molecule has 0 aromatic carbocycles. The Bertz CT molecular complexity index is 237. The van der Waals surface area contributed by atoms with Crippen molar-refractivity contribution in [3.8, 4) is 0 Å². The third-order valence-corrected chi connectivity index (χ3v) is 4.52. The molecular weight excluding hydrogens is 246 g/mol. The van der Waals surface area contributed by atoms with E-state index in [1.54, 1.807) is 0 Å². The molecule has 12 heavy (non-hydrogen) atoms. The highest BCUT2D eigenvalue weighted by atomic mass is 79.9. The van der Waals surface area contributed by atoms with E-state index in [9.17, 15) is 13.5 Å². The Morgan fingerprint density at radius 2 is 2.17 bits per heavy atom. The summed E-state index contributed by atoms with van der Waals surface area (Å²) in [4.78, 5) is 0. The Labute approximate surface area is 80.5 Å². The fraction of sp³-hybridized carbons (Fsp3) is 1.00. The summed E-state index contributed by atoms with van der Waals surface area (Å²) in [5.74, 6) is 0.308. The number of aliphatic hydroxyl groups excluding tert-OH is 1. The van der Waals surface area contributed by atoms with Crippen LogP contribution in [0.25, 0.3) is 0 Å². The highest BCUT2D eigenvalue weighted by Gasteiger charge is 2.30. The van der Waals surface area contributed by atoms with Gasteiger partial charge in [-0.15, -0.1) is 0 Å². The van der Waals surface area contributed by atoms with Gasteiger partial charge in [0.25, 0.3) is 0 Å². The molecule has 1 fully saturated rings. The lowest BCUT2D eigenvalue weighted by Gasteiger charge is -2.09. The predicted octanol–water partition coefficient (Wildman–Crippen LogP) is 0.0291. The summed E-state index contributed by atoms with van der Waals surface area (Å²) in [6.45, 7) is 0.138. The average Bonchev–Trinajstić information content (AvgIpc) is 2.83. The fourth-order valence-electron chi connectivity index (χ4n) is 0.899. The maximum absolute atomic E-state index is 10.9. The molecule has 0 saturated heterocycles. The van der Waals surface area contributed by atoms with E-state index in [1.165, 1.54) is 0 Å². The zero-order chi connectivity index (χ0) is 9.19. The van der Waals surface area contributed by atoms with Gasteiger partial charge in [0.1, 0.15) is 4.66 Å². The molecule has 0 radical (unpaired) electrons. The van der Waals surface area contributed by atoms with Gasteiger partial charge < -0.3 is 5.11 Å². The molecule has 0 heterocycles. The van der Waals surface area contributed by atoms with E-state index in [0.29, 0.717) is 5.92 Å². The summed E-state index contributed by atoms with van der Waals surface area (Å²) >= 11 is 2.84. The number of nitrogens with one attached hydrogen (secondary N) is 1. The summed E-state index contributed by atoms with van der Waals surface area (Å²) < 4.78 is 23.9. The van der Waals surface area contributed by atoms with E-state index in [-0.39, 0.29) is 11.2 Å². The molecule has 4 nitrogen and oxygen atoms in total. The number of sulfonamides is 1. The molecule has 2 N–H and O–H groups in total. The molecule has 0 amide bonds. The molecule has 1 unspecified atom stereocenters. The standard InChI is InChI=1S/C6H12BrNO3S/c7-4-12(10,11)8-3-6(9)5-1-2-5/h5-6,8-9H,1-4H2. The Hall–Kier alpha value is 0.350. The van der Waals surface area contributed by atoms with Gasteiger partial charge in [0.2, 0.25) is 10.0 Å². The van der Waals surface area contributed by atoms with Crippen molar-refractivity contribution in [1.82, 2.24) is 4.72 Å². The van der Waals surface area contributed by atoms with Crippen LogP contribution in [0.15, 0.2) is 0 Å². The van der Waals surface area contributed by atoms with Crippen LogP contribution in [-0.2, 0) is 10.0 Å². The third-order valence-electron chi connectivity index (χ3n) is 1.82. The van der Waals surface area contributed by atoms with Gasteiger partial charge in [-0.1, -0.05) is 15.9 Å². The maximum Gasteiger partial charge on any atom is 0.221 e. The van der Waals surface area contributed by atoms with Crippen molar-refractivity contribution in [2.45, 2.75) is 18.9 Å². The second-order valence-corrected chi connectivity index (χ2v) is 6.09. The first kappa shape index (κ1) is 10.4. The third kappa shape index (κ3) is 3.38. The van der Waals surface area contributed by atoms with Gasteiger partial charge in [0.05, 0.1) is 6.10 Å². The van der Waals surface area contributed by atoms with Crippen LogP contribution >= 0.6 is 15.9 Å². The first-order valence-electron chi connectivity index (χ1n) is 3.76. The summed E-state index contributed by atoms with van der Waals surface area (Å²) in [7, 11) is -3.21. The van der Waals surface area contributed by atoms with Gasteiger partial charge in [-0.05, 0) is 18.8 Å². The topological polar surface area (TPSA) is 66.4 Å². The molecule has 1 saturated carbocycles. The fourth-order valence-corrected chi connectivity index (χ4v) is 1.89. The highest BCUT2D eigenvalue weighted by Crippen LogP contribution is 2.32. The number of hydrogen-bond acceptors (Lipinski definition) is 3. The quantitative estimate of drug-likeness (QED) is 0.684. The van der Waals surface area contributed by atoms with Gasteiger partial charge in [0, 0.05) is 6.54 Å². The second kappa shape index (κ2) is 4.04. The molecule has 0 aromatic rings. The Morgan fingerprint density at radius 1 is 1.58 bits per heavy atom. The molecule has 0 bridgehead atoms. The number of halogens is 1. The van der Waals surface area contributed by atoms with Gasteiger partial charge in [-0.2, -0.15) is 0 Å². The number of hydrogen-bond donors (Lipinski definition) is 2. The number of alkyl halides is 1. The van der Waals surface area contributed by atoms with Gasteiger partial charge >= 0.3 is 0 Å². The molecule has 0 aromatic heterocycles. The lowest BCUT2D eigenvalue weighted by atomic mass is 10.2. The van der Waals surface area contributed by atoms with Crippen LogP contribution in [0.1, 0.15) is 12.8 Å². The monoisotopic (exact) mass is 257 g/mol. The van der Waals surface area contributed by atoms with E-state index in [1.807, 2.05) is 0 Å². The van der Waals surface area contributed by atoms with E-state index in [2.05, 4.69) is 20.7 Å². The van der Waals surface area contributed by atoms with E-state index < -0.39 is 16.1 Å². The molecule has 0 spiro atoms. The van der Waals surface area contributed by atoms with E-state index in [0.717, 1.165) is 12.8 Å². The van der Waals surface area contributed by atoms with Crippen molar-refractivity contribution in [1.29, 1.82) is 0 Å². The Morgan fingerprint density at radius 3 is 2.58 bits per heavy atom. The molecule has 72 valence electrons. The Kier molecular flexibility index (Phi) is 3.51. The van der Waals surface area contributed by atoms with E-state index in [4.69, 9.17) is 0 Å². The normalized spacial score (nSPS) is 20.8. The van der Waals surface area contributed by atoms with Crippen LogP contribution in [-0.4, -0.2) is 30.8 Å². The minimum Gasteiger partial charge on any atom is -0.391 e. The molecule has 1 rings (SSSR count). The van der Waals surface area contributed by atoms with Crippen LogP contribution in [0.4, 0.5) is 0 Å². The van der Waals surface area contributed by atoms with Crippen molar-refractivity contribution >= 4 is 26.0 Å². The number of aliphatic hydroxyl groups is 1. The van der Waals surface area contributed by atoms with Crippen molar-refractivity contribution in [3.63, 3.8) is 0 Å². The molecule has 6 heteroatoms. The van der Waals surface area contributed by atoms with Crippen molar-refractivity contribution < 1.29 is 13.5 Å². The first-order chi connectivity index (χ1) is 5.55. The molecule has 1 aliphatic carbocycles. The van der Waals surface area contributed by atoms with Crippen LogP contribution in [0.2, 0.25) is 0 Å². The van der Waals surface area contributed by atoms with Gasteiger partial charge in [-0.25, -0.2) is 13.1 Å². The van der Waals surface area contributed by atoms with Gasteiger partial charge in [0.15, 0.2) is 0 Å². The van der Waals surface area contributed by atoms with Crippen molar-refractivity contribution in [3.05, 3.63) is 0 Å². The van der Waals surface area contributed by atoms with Crippen molar-refractivity contribution in [2.24, 2.45) is 5.92 Å². The first-order valence-corrected chi connectivity index (χ1v) is 6.54. The molecule has 0 aliphatic heterocycles. The molecule has 1 aliphatic rings. The number of rotatable bonds is 5. The summed E-state index contributed by atoms with van der Waals surface area (Å²) in [6.07, 6.45) is 1.51. The lowest BCUT2D eigenvalue weighted by molar-refractivity contribution is 0.155. The SMILES string of the molecule is O=S(=O)(CBr)NCC(O)C1CC1. The predicted molar refractivity (Wildman–Crippen MR) is 49.4 cm³/mol. The van der Waals surface area contributed by atoms with Crippen LogP contribution < -0.4 is 4.72 Å². The largest absolute Gasteiger partial charge is 0.391 e. The highest BCUT2D eigenvalue weighted by molar-refractivity contribution is 9.10. The smallest absolute Gasteiger partial charge is 0.221 e. The minimum atomic E-state index is -3.21. The summed E-state index contributed by atoms with van der Waals surface area (Å²) in [5.41, 5.74) is 0. The van der Waals surface area contributed by atoms with Crippen LogP contribution in [0, 0.1) is 5.92 Å². The molecule has 1 atom stereocenters. The summed E-state index contributed by atoms with van der Waals surface area (Å²) in [5, 5.41) is 9.31. The van der Waals surface area contributed by atoms with Gasteiger partial charge in [-0.3, -0.25) is 0 Å². The van der Waals surface area contributed by atoms with Crippen LogP contribution in [0.3, 0.4) is 0 Å². The zero-order valence-corrected chi connectivity index (χ0v) is 8.94.